The first-order valence-corrected chi connectivity index (χ1v) is 15.2. The molecule has 2 unspecified atom stereocenters. The van der Waals surface area contributed by atoms with Crippen molar-refractivity contribution in [3.63, 3.8) is 0 Å². The average molecular weight is 659 g/mol. The van der Waals surface area contributed by atoms with Gasteiger partial charge in [0.1, 0.15) is 16.5 Å². The molecule has 2 aromatic rings. The Bertz CT molecular complexity index is 1480. The molecule has 0 aromatic heterocycles. The summed E-state index contributed by atoms with van der Waals surface area (Å²) in [6.45, 7) is 1.08. The van der Waals surface area contributed by atoms with Crippen LogP contribution in [0.4, 0.5) is 33.9 Å². The second kappa shape index (κ2) is 11.0. The van der Waals surface area contributed by atoms with E-state index < -0.39 is 73.7 Å². The number of halogens is 7. The van der Waals surface area contributed by atoms with Crippen molar-refractivity contribution < 1.29 is 61.9 Å². The first kappa shape index (κ1) is 33.2. The summed E-state index contributed by atoms with van der Waals surface area (Å²) in [5.74, 6) is -7.57. The van der Waals surface area contributed by atoms with Gasteiger partial charge in [-0.05, 0) is 56.9 Å². The zero-order valence-corrected chi connectivity index (χ0v) is 24.1. The first-order valence-electron chi connectivity index (χ1n) is 13.2. The number of methoxy groups -OCH3 is 1. The van der Waals surface area contributed by atoms with Gasteiger partial charge in [0, 0.05) is 11.8 Å². The number of benzene rings is 2. The topological polar surface area (TPSA) is 123 Å². The lowest BCUT2D eigenvalue weighted by Gasteiger charge is -2.40. The van der Waals surface area contributed by atoms with Gasteiger partial charge >= 0.3 is 16.2 Å². The van der Waals surface area contributed by atoms with Crippen LogP contribution in [0.1, 0.15) is 43.0 Å². The van der Waals surface area contributed by atoms with Gasteiger partial charge in [-0.3, -0.25) is 14.4 Å². The van der Waals surface area contributed by atoms with Gasteiger partial charge in [-0.25, -0.2) is 8.78 Å². The largest absolute Gasteiger partial charge is 0.496 e. The van der Waals surface area contributed by atoms with Gasteiger partial charge in [0.25, 0.3) is 5.91 Å². The third-order valence-corrected chi connectivity index (χ3v) is 8.84. The highest BCUT2D eigenvalue weighted by Crippen LogP contribution is 3.02. The lowest BCUT2D eigenvalue weighted by atomic mass is 9.75. The molecule has 2 fully saturated rings. The Hall–Kier alpha value is -3.73. The molecule has 1 saturated carbocycles. The number of hydrogen-bond acceptors (Lipinski definition) is 6. The zero-order valence-electron chi connectivity index (χ0n) is 23.3. The fraction of sp³-hybridized carbons (Fsp3) is 0.444. The summed E-state index contributed by atoms with van der Waals surface area (Å²) in [4.78, 5) is 34.8. The second-order valence-corrected chi connectivity index (χ2v) is 13.4. The Labute approximate surface area is 246 Å². The van der Waals surface area contributed by atoms with Gasteiger partial charge in [-0.15, -0.1) is 0 Å². The summed E-state index contributed by atoms with van der Waals surface area (Å²) >= 11 is 0. The monoisotopic (exact) mass is 658 g/mol. The number of ether oxygens (including phenoxy) is 3. The fourth-order valence-corrected chi connectivity index (χ4v) is 5.81. The van der Waals surface area contributed by atoms with E-state index in [0.717, 1.165) is 12.1 Å². The highest BCUT2D eigenvalue weighted by atomic mass is 32.5. The predicted octanol–water partition coefficient (Wildman–Crippen LogP) is 6.43. The quantitative estimate of drug-likeness (QED) is 0.266. The number of carbonyl (C=O) groups excluding carboxylic acids is 2. The highest BCUT2D eigenvalue weighted by molar-refractivity contribution is 8.45. The molecule has 9 nitrogen and oxygen atoms in total. The number of hydrogen-bond donors (Lipinski definition) is 3. The third-order valence-electron chi connectivity index (χ3n) is 7.69. The van der Waals surface area contributed by atoms with Crippen LogP contribution in [-0.4, -0.2) is 55.4 Å². The summed E-state index contributed by atoms with van der Waals surface area (Å²) in [6.07, 6.45) is 0.710. The SMILES string of the molecule is COc1cc(F)c(OC2CCC(C)(C(=O)O)CC2)cc1C(=O)NC1COCC1C(=O)Nc1ccc(F)c(S(F)(F)(F)(F)F)c1. The maximum atomic E-state index is 14.8. The normalized spacial score (nSPS) is 25.3. The fourth-order valence-electron chi connectivity index (χ4n) is 5.02. The van der Waals surface area contributed by atoms with E-state index in [0.29, 0.717) is 31.7 Å². The number of amides is 2. The minimum Gasteiger partial charge on any atom is -0.496 e. The smallest absolute Gasteiger partial charge is 0.313 e. The molecule has 244 valence electrons. The molecule has 1 aliphatic carbocycles. The lowest BCUT2D eigenvalue weighted by Crippen LogP contribution is -2.44. The maximum Gasteiger partial charge on any atom is 0.313 e. The molecule has 0 spiro atoms. The molecule has 17 heteroatoms. The van der Waals surface area contributed by atoms with Gasteiger partial charge in [-0.2, -0.15) is 0 Å². The Morgan fingerprint density at radius 1 is 0.977 bits per heavy atom. The summed E-state index contributed by atoms with van der Waals surface area (Å²) in [7, 11) is -9.23. The van der Waals surface area contributed by atoms with E-state index in [1.165, 1.54) is 7.11 Å². The summed E-state index contributed by atoms with van der Waals surface area (Å²) in [6, 6.07) is 1.53. The average Bonchev–Trinajstić information content (AvgIpc) is 3.38. The summed E-state index contributed by atoms with van der Waals surface area (Å²) < 4.78 is 111. The van der Waals surface area contributed by atoms with Crippen molar-refractivity contribution in [2.45, 2.75) is 49.6 Å². The molecule has 0 bridgehead atoms. The Morgan fingerprint density at radius 3 is 2.23 bits per heavy atom. The molecule has 2 atom stereocenters. The molecular weight excluding hydrogens is 629 g/mol. The molecule has 4 rings (SSSR count). The Kier molecular flexibility index (Phi) is 8.30. The number of carboxylic acid groups (broad SMARTS) is 1. The molecule has 44 heavy (non-hydrogen) atoms. The molecule has 0 radical (unpaired) electrons. The van der Waals surface area contributed by atoms with E-state index >= 15 is 0 Å². The summed E-state index contributed by atoms with van der Waals surface area (Å²) in [5, 5.41) is 13.9. The Morgan fingerprint density at radius 2 is 1.64 bits per heavy atom. The van der Waals surface area contributed by atoms with Crippen molar-refractivity contribution in [2.24, 2.45) is 11.3 Å². The summed E-state index contributed by atoms with van der Waals surface area (Å²) in [5.41, 5.74) is -1.88. The van der Waals surface area contributed by atoms with Crippen LogP contribution in [-0.2, 0) is 14.3 Å². The van der Waals surface area contributed by atoms with Gasteiger partial charge in [0.2, 0.25) is 5.91 Å². The van der Waals surface area contributed by atoms with E-state index in [2.05, 4.69) is 5.32 Å². The van der Waals surface area contributed by atoms with Crippen LogP contribution in [0.5, 0.6) is 11.5 Å². The molecule has 1 aliphatic heterocycles. The minimum absolute atomic E-state index is 0.145. The Balaban J connectivity index is 1.48. The second-order valence-electron chi connectivity index (χ2n) is 11.0. The van der Waals surface area contributed by atoms with Crippen molar-refractivity contribution in [1.82, 2.24) is 5.32 Å². The lowest BCUT2D eigenvalue weighted by molar-refractivity contribution is -0.150. The van der Waals surface area contributed by atoms with Crippen LogP contribution in [0.2, 0.25) is 0 Å². The standard InChI is InChI=1S/C27H29F7N2O7S/c1-27(26(39)40)7-5-15(6-8-27)43-22-10-16(21(41-2)11-19(22)29)24(37)36-20-13-42-12-17(20)25(38)35-14-3-4-18(28)23(9-14)44(30,31,32,33)34/h3-4,9-11,15,17,20H,5-8,12-13H2,1-2H3,(H,35,38)(H,36,37)(H,39,40). The van der Waals surface area contributed by atoms with E-state index in [9.17, 15) is 47.7 Å². The van der Waals surface area contributed by atoms with E-state index in [-0.39, 0.29) is 42.4 Å². The van der Waals surface area contributed by atoms with E-state index in [4.69, 9.17) is 14.2 Å². The number of carboxylic acids is 1. The molecule has 1 heterocycles. The molecule has 1 saturated heterocycles. The van der Waals surface area contributed by atoms with E-state index in [1.54, 1.807) is 6.92 Å². The van der Waals surface area contributed by atoms with Crippen LogP contribution in [0.15, 0.2) is 35.2 Å². The number of carbonyl (C=O) groups is 3. The third kappa shape index (κ3) is 7.31. The van der Waals surface area contributed by atoms with Crippen LogP contribution >= 0.6 is 10.2 Å². The van der Waals surface area contributed by atoms with Crippen molar-refractivity contribution in [3.8, 4) is 11.5 Å². The van der Waals surface area contributed by atoms with Crippen LogP contribution in [0.3, 0.4) is 0 Å². The molecule has 2 aliphatic rings. The highest BCUT2D eigenvalue weighted by Gasteiger charge is 2.67. The van der Waals surface area contributed by atoms with Gasteiger partial charge < -0.3 is 30.0 Å². The predicted molar refractivity (Wildman–Crippen MR) is 144 cm³/mol. The van der Waals surface area contributed by atoms with Crippen LogP contribution in [0, 0.1) is 23.0 Å². The van der Waals surface area contributed by atoms with Gasteiger partial charge in [-0.1, -0.05) is 19.4 Å². The van der Waals surface area contributed by atoms with Crippen LogP contribution < -0.4 is 20.1 Å². The molecule has 3 N–H and O–H groups in total. The van der Waals surface area contributed by atoms with Crippen LogP contribution in [0.25, 0.3) is 0 Å². The number of aliphatic carboxylic acids is 1. The zero-order chi connectivity index (χ0) is 32.7. The molecule has 2 aromatic carbocycles. The number of nitrogens with one attached hydrogen (secondary N) is 2. The van der Waals surface area contributed by atoms with Crippen molar-refractivity contribution in [2.75, 3.05) is 25.6 Å². The molecular formula is C27H29F7N2O7S. The van der Waals surface area contributed by atoms with Gasteiger partial charge in [0.15, 0.2) is 11.6 Å². The molecule has 2 amide bonds. The number of anilines is 1. The minimum atomic E-state index is -10.4. The van der Waals surface area contributed by atoms with E-state index in [1.807, 2.05) is 5.32 Å². The van der Waals surface area contributed by atoms with Gasteiger partial charge in [0.05, 0.1) is 49.4 Å². The van der Waals surface area contributed by atoms with Crippen molar-refractivity contribution >= 4 is 33.7 Å². The number of rotatable bonds is 9. The maximum absolute atomic E-state index is 14.8. The first-order chi connectivity index (χ1) is 20.2. The van der Waals surface area contributed by atoms with Crippen molar-refractivity contribution in [1.29, 1.82) is 0 Å². The van der Waals surface area contributed by atoms with Crippen molar-refractivity contribution in [3.05, 3.63) is 47.5 Å².